The minimum Gasteiger partial charge on any atom is -0.0841 e. The lowest BCUT2D eigenvalue weighted by Crippen LogP contribution is -2.26. The van der Waals surface area contributed by atoms with E-state index in [0.29, 0.717) is 10.3 Å². The minimum atomic E-state index is 0.321. The van der Waals surface area contributed by atoms with Crippen molar-refractivity contribution in [2.45, 2.75) is 51.9 Å². The van der Waals surface area contributed by atoms with E-state index in [4.69, 9.17) is 0 Å². The lowest BCUT2D eigenvalue weighted by atomic mass is 10.1. The van der Waals surface area contributed by atoms with Crippen LogP contribution in [0.3, 0.4) is 0 Å². The molecule has 0 aromatic heterocycles. The van der Waals surface area contributed by atoms with Gasteiger partial charge in [0.2, 0.25) is 0 Å². The van der Waals surface area contributed by atoms with Gasteiger partial charge in [0.1, 0.15) is 0 Å². The molecule has 0 saturated heterocycles. The zero-order valence-corrected chi connectivity index (χ0v) is 16.6. The highest BCUT2D eigenvalue weighted by atomic mass is 31.1. The zero-order chi connectivity index (χ0) is 16.4. The van der Waals surface area contributed by atoms with Crippen LogP contribution >= 0.6 is 17.2 Å². The fourth-order valence-corrected chi connectivity index (χ4v) is 5.38. The molecule has 0 fully saturated rings. The molecular weight excluding hydrogens is 302 g/mol. The highest BCUT2D eigenvalue weighted by Gasteiger charge is 2.20. The summed E-state index contributed by atoms with van der Waals surface area (Å²) in [4.78, 5) is 0. The van der Waals surface area contributed by atoms with Crippen LogP contribution in [0.15, 0.2) is 48.5 Å². The van der Waals surface area contributed by atoms with Crippen LogP contribution in [0.2, 0.25) is 0 Å². The van der Waals surface area contributed by atoms with Gasteiger partial charge in [-0.05, 0) is 32.0 Å². The van der Waals surface area contributed by atoms with Crippen molar-refractivity contribution in [2.75, 3.05) is 0 Å². The fourth-order valence-electron chi connectivity index (χ4n) is 2.43. The molecule has 0 spiro atoms. The molecule has 0 amide bonds. The molecule has 2 atom stereocenters. The second-order valence-electron chi connectivity index (χ2n) is 7.84. The molecule has 2 aromatic carbocycles. The molecule has 22 heavy (non-hydrogen) atoms. The van der Waals surface area contributed by atoms with Gasteiger partial charge in [0.25, 0.3) is 0 Å². The maximum Gasteiger partial charge on any atom is -0.0103 e. The van der Waals surface area contributed by atoms with Gasteiger partial charge < -0.3 is 0 Å². The van der Waals surface area contributed by atoms with E-state index in [-0.39, 0.29) is 0 Å². The summed E-state index contributed by atoms with van der Waals surface area (Å²) in [5.41, 5.74) is 2.76. The van der Waals surface area contributed by atoms with Gasteiger partial charge in [-0.15, -0.1) is 0 Å². The largest absolute Gasteiger partial charge is 0.0841 e. The SMILES string of the molecule is CC(C)(C)Pc1cccc(-c2ccccc2)c1PC(C)(C)C. The Bertz CT molecular complexity index is 616. The third kappa shape index (κ3) is 5.19. The molecular formula is C20H28P2. The first-order chi connectivity index (χ1) is 10.2. The molecule has 118 valence electrons. The van der Waals surface area contributed by atoms with Gasteiger partial charge in [0.15, 0.2) is 0 Å². The minimum absolute atomic E-state index is 0.321. The van der Waals surface area contributed by atoms with E-state index in [0.717, 1.165) is 17.2 Å². The molecule has 0 saturated carbocycles. The third-order valence-corrected chi connectivity index (χ3v) is 6.38. The summed E-state index contributed by atoms with van der Waals surface area (Å²) in [6.07, 6.45) is 0. The Hall–Kier alpha value is -0.700. The second-order valence-corrected chi connectivity index (χ2v) is 12.4. The Morgan fingerprint density at radius 1 is 0.636 bits per heavy atom. The molecule has 2 unspecified atom stereocenters. The van der Waals surface area contributed by atoms with Crippen molar-refractivity contribution >= 4 is 27.8 Å². The predicted molar refractivity (Wildman–Crippen MR) is 107 cm³/mol. The maximum absolute atomic E-state index is 2.34. The van der Waals surface area contributed by atoms with Gasteiger partial charge in [-0.25, -0.2) is 0 Å². The molecule has 2 heteroatoms. The summed E-state index contributed by atoms with van der Waals surface area (Å²) in [5.74, 6) is 0. The average Bonchev–Trinajstić information content (AvgIpc) is 2.38. The Kier molecular flexibility index (Phi) is 5.47. The average molecular weight is 330 g/mol. The number of rotatable bonds is 3. The van der Waals surface area contributed by atoms with Crippen LogP contribution in [0.1, 0.15) is 41.5 Å². The lowest BCUT2D eigenvalue weighted by molar-refractivity contribution is 0.797. The molecule has 2 aromatic rings. The molecule has 0 heterocycles. The van der Waals surface area contributed by atoms with Crippen molar-refractivity contribution in [3.63, 3.8) is 0 Å². The summed E-state index contributed by atoms with van der Waals surface area (Å²) >= 11 is 0. The van der Waals surface area contributed by atoms with Gasteiger partial charge >= 0.3 is 0 Å². The van der Waals surface area contributed by atoms with Gasteiger partial charge in [0.05, 0.1) is 0 Å². The van der Waals surface area contributed by atoms with E-state index in [1.165, 1.54) is 11.1 Å². The number of benzene rings is 2. The molecule has 0 aliphatic heterocycles. The highest BCUT2D eigenvalue weighted by Crippen LogP contribution is 2.37. The van der Waals surface area contributed by atoms with Crippen LogP contribution in [0.4, 0.5) is 0 Å². The summed E-state index contributed by atoms with van der Waals surface area (Å²) in [6, 6.07) is 17.7. The van der Waals surface area contributed by atoms with Crippen molar-refractivity contribution in [3.8, 4) is 11.1 Å². The lowest BCUT2D eigenvalue weighted by Gasteiger charge is -2.26. The highest BCUT2D eigenvalue weighted by molar-refractivity contribution is 7.56. The van der Waals surface area contributed by atoms with E-state index in [1.807, 2.05) is 0 Å². The van der Waals surface area contributed by atoms with Crippen LogP contribution < -0.4 is 10.6 Å². The summed E-state index contributed by atoms with van der Waals surface area (Å²) < 4.78 is 0. The standard InChI is InChI=1S/C20H28P2/c1-19(2,3)21-17-14-10-13-16(15-11-8-7-9-12-15)18(17)22-20(4,5)6/h7-14,21-22H,1-6H3. The molecule has 2 rings (SSSR count). The van der Waals surface area contributed by atoms with Crippen molar-refractivity contribution in [1.82, 2.24) is 0 Å². The summed E-state index contributed by atoms with van der Waals surface area (Å²) in [6.45, 7) is 14.0. The van der Waals surface area contributed by atoms with Crippen LogP contribution in [-0.4, -0.2) is 10.3 Å². The molecule has 0 aliphatic carbocycles. The van der Waals surface area contributed by atoms with E-state index in [2.05, 4.69) is 90.1 Å². The second kappa shape index (κ2) is 6.82. The topological polar surface area (TPSA) is 0 Å². The predicted octanol–water partition coefficient (Wildman–Crippen LogP) is 5.56. The van der Waals surface area contributed by atoms with Crippen LogP contribution in [0.25, 0.3) is 11.1 Å². The van der Waals surface area contributed by atoms with E-state index in [9.17, 15) is 0 Å². The number of hydrogen-bond donors (Lipinski definition) is 0. The van der Waals surface area contributed by atoms with Crippen LogP contribution in [0.5, 0.6) is 0 Å². The summed E-state index contributed by atoms with van der Waals surface area (Å²) in [7, 11) is 1.68. The Labute approximate surface area is 139 Å². The number of hydrogen-bond acceptors (Lipinski definition) is 0. The Balaban J connectivity index is 2.56. The molecule has 0 radical (unpaired) electrons. The van der Waals surface area contributed by atoms with Crippen molar-refractivity contribution < 1.29 is 0 Å². The Morgan fingerprint density at radius 3 is 1.77 bits per heavy atom. The molecule has 0 nitrogen and oxygen atoms in total. The third-order valence-electron chi connectivity index (χ3n) is 3.16. The summed E-state index contributed by atoms with van der Waals surface area (Å²) in [5, 5.41) is 3.77. The van der Waals surface area contributed by atoms with Gasteiger partial charge in [-0.3, -0.25) is 0 Å². The molecule has 0 N–H and O–H groups in total. The van der Waals surface area contributed by atoms with Crippen molar-refractivity contribution in [3.05, 3.63) is 48.5 Å². The van der Waals surface area contributed by atoms with E-state index >= 15 is 0 Å². The van der Waals surface area contributed by atoms with E-state index in [1.54, 1.807) is 10.6 Å². The first-order valence-electron chi connectivity index (χ1n) is 7.90. The normalized spacial score (nSPS) is 13.5. The van der Waals surface area contributed by atoms with Gasteiger partial charge in [-0.2, -0.15) is 0 Å². The fraction of sp³-hybridized carbons (Fsp3) is 0.400. The molecule has 0 bridgehead atoms. The quantitative estimate of drug-likeness (QED) is 0.647. The first-order valence-corrected chi connectivity index (χ1v) is 9.90. The zero-order valence-electron chi connectivity index (χ0n) is 14.6. The monoisotopic (exact) mass is 330 g/mol. The van der Waals surface area contributed by atoms with E-state index < -0.39 is 0 Å². The van der Waals surface area contributed by atoms with Gasteiger partial charge in [0, 0.05) is 0 Å². The van der Waals surface area contributed by atoms with Crippen LogP contribution in [-0.2, 0) is 0 Å². The van der Waals surface area contributed by atoms with Crippen molar-refractivity contribution in [1.29, 1.82) is 0 Å². The first kappa shape index (κ1) is 17.7. The smallest absolute Gasteiger partial charge is 0.0103 e. The van der Waals surface area contributed by atoms with Crippen LogP contribution in [0, 0.1) is 0 Å². The molecule has 0 aliphatic rings. The maximum atomic E-state index is 2.34. The Morgan fingerprint density at radius 2 is 1.23 bits per heavy atom. The van der Waals surface area contributed by atoms with Crippen molar-refractivity contribution in [2.24, 2.45) is 0 Å². The van der Waals surface area contributed by atoms with Gasteiger partial charge in [-0.1, -0.05) is 107 Å².